The molecule has 5 heteroatoms. The van der Waals surface area contributed by atoms with Crippen molar-refractivity contribution in [2.45, 2.75) is 33.1 Å². The summed E-state index contributed by atoms with van der Waals surface area (Å²) in [5, 5.41) is 2.76. The number of aromatic nitrogens is 2. The van der Waals surface area contributed by atoms with Crippen molar-refractivity contribution in [3.05, 3.63) is 46.4 Å². The van der Waals surface area contributed by atoms with Crippen LogP contribution in [0.3, 0.4) is 0 Å². The molecule has 2 aromatic rings. The second kappa shape index (κ2) is 5.16. The van der Waals surface area contributed by atoms with E-state index in [4.69, 9.17) is 0 Å². The molecule has 0 fully saturated rings. The molecular weight excluding hydrogens is 266 g/mol. The molecule has 21 heavy (non-hydrogen) atoms. The third-order valence-electron chi connectivity index (χ3n) is 3.82. The second-order valence-corrected chi connectivity index (χ2v) is 5.43. The van der Waals surface area contributed by atoms with Gasteiger partial charge in [-0.2, -0.15) is 0 Å². The lowest BCUT2D eigenvalue weighted by Crippen LogP contribution is -2.14. The standard InChI is InChI=1S/C16H17N3O2/c1-9-6-7-13(17-8-9)19-16(21)15-10(2)14-11(18-15)4-3-5-12(14)20/h6-8,18H,3-5H2,1-2H3,(H,17,19,21). The first kappa shape index (κ1) is 13.5. The monoisotopic (exact) mass is 283 g/mol. The predicted octanol–water partition coefficient (Wildman–Crippen LogP) is 2.80. The van der Waals surface area contributed by atoms with Gasteiger partial charge in [-0.1, -0.05) is 6.07 Å². The van der Waals surface area contributed by atoms with Crippen LogP contribution in [0, 0.1) is 13.8 Å². The fraction of sp³-hybridized carbons (Fsp3) is 0.312. The maximum atomic E-state index is 12.4. The lowest BCUT2D eigenvalue weighted by atomic mass is 9.94. The van der Waals surface area contributed by atoms with E-state index in [1.807, 2.05) is 19.9 Å². The maximum Gasteiger partial charge on any atom is 0.273 e. The molecular formula is C16H17N3O2. The molecule has 3 rings (SSSR count). The highest BCUT2D eigenvalue weighted by molar-refractivity contribution is 6.08. The molecule has 0 saturated heterocycles. The molecule has 0 aromatic carbocycles. The molecule has 0 unspecified atom stereocenters. The molecule has 2 N–H and O–H groups in total. The van der Waals surface area contributed by atoms with Gasteiger partial charge >= 0.3 is 0 Å². The normalized spacial score (nSPS) is 13.9. The summed E-state index contributed by atoms with van der Waals surface area (Å²) in [5.41, 5.74) is 3.80. The van der Waals surface area contributed by atoms with Gasteiger partial charge in [0.15, 0.2) is 5.78 Å². The zero-order valence-electron chi connectivity index (χ0n) is 12.1. The largest absolute Gasteiger partial charge is 0.354 e. The number of aromatic amines is 1. The Kier molecular flexibility index (Phi) is 3.33. The average Bonchev–Trinajstić information content (AvgIpc) is 2.80. The number of fused-ring (bicyclic) bond motifs is 1. The molecule has 0 radical (unpaired) electrons. The van der Waals surface area contributed by atoms with Crippen molar-refractivity contribution in [3.8, 4) is 0 Å². The SMILES string of the molecule is Cc1ccc(NC(=O)c2[nH]c3c(c2C)C(=O)CCC3)nc1. The van der Waals surface area contributed by atoms with Gasteiger partial charge < -0.3 is 10.3 Å². The molecule has 0 spiro atoms. The first-order valence-corrected chi connectivity index (χ1v) is 7.05. The minimum absolute atomic E-state index is 0.123. The molecule has 2 aromatic heterocycles. The van der Waals surface area contributed by atoms with E-state index in [0.29, 0.717) is 23.5 Å². The van der Waals surface area contributed by atoms with Gasteiger partial charge in [0.1, 0.15) is 11.5 Å². The number of pyridine rings is 1. The quantitative estimate of drug-likeness (QED) is 0.890. The number of carbonyl (C=O) groups is 2. The highest BCUT2D eigenvalue weighted by Gasteiger charge is 2.26. The minimum atomic E-state index is -0.258. The molecule has 0 bridgehead atoms. The Labute approximate surface area is 122 Å². The van der Waals surface area contributed by atoms with Crippen LogP contribution < -0.4 is 5.32 Å². The van der Waals surface area contributed by atoms with Crippen LogP contribution in [-0.4, -0.2) is 21.7 Å². The van der Waals surface area contributed by atoms with Crippen LogP contribution in [0.1, 0.15) is 50.5 Å². The molecule has 0 aliphatic heterocycles. The van der Waals surface area contributed by atoms with Gasteiger partial charge in [-0.15, -0.1) is 0 Å². The topological polar surface area (TPSA) is 74.8 Å². The molecule has 1 aliphatic rings. The number of nitrogens with zero attached hydrogens (tertiary/aromatic N) is 1. The van der Waals surface area contributed by atoms with Gasteiger partial charge in [-0.3, -0.25) is 9.59 Å². The summed E-state index contributed by atoms with van der Waals surface area (Å²) in [6.07, 6.45) is 3.92. The predicted molar refractivity (Wildman–Crippen MR) is 79.7 cm³/mol. The number of hydrogen-bond donors (Lipinski definition) is 2. The van der Waals surface area contributed by atoms with Crippen LogP contribution in [0.2, 0.25) is 0 Å². The van der Waals surface area contributed by atoms with E-state index < -0.39 is 0 Å². The van der Waals surface area contributed by atoms with Crippen LogP contribution >= 0.6 is 0 Å². The fourth-order valence-electron chi connectivity index (χ4n) is 2.72. The number of Topliss-reactive ketones (excluding diaryl/α,β-unsaturated/α-hetero) is 1. The van der Waals surface area contributed by atoms with Crippen molar-refractivity contribution in [1.29, 1.82) is 0 Å². The number of amides is 1. The Bertz CT molecular complexity index is 714. The number of rotatable bonds is 2. The minimum Gasteiger partial charge on any atom is -0.354 e. The molecule has 1 amide bonds. The van der Waals surface area contributed by atoms with E-state index in [2.05, 4.69) is 15.3 Å². The van der Waals surface area contributed by atoms with Crippen molar-refractivity contribution >= 4 is 17.5 Å². The Morgan fingerprint density at radius 3 is 2.76 bits per heavy atom. The molecule has 0 saturated carbocycles. The first-order valence-electron chi connectivity index (χ1n) is 7.05. The summed E-state index contributed by atoms with van der Waals surface area (Å²) in [6.45, 7) is 3.75. The Morgan fingerprint density at radius 1 is 1.29 bits per heavy atom. The Morgan fingerprint density at radius 2 is 2.10 bits per heavy atom. The summed E-state index contributed by atoms with van der Waals surface area (Å²) >= 11 is 0. The first-order chi connectivity index (χ1) is 10.1. The van der Waals surface area contributed by atoms with Crippen LogP contribution in [0.15, 0.2) is 18.3 Å². The Balaban J connectivity index is 1.88. The summed E-state index contributed by atoms with van der Waals surface area (Å²) < 4.78 is 0. The van der Waals surface area contributed by atoms with E-state index in [-0.39, 0.29) is 11.7 Å². The molecule has 1 aliphatic carbocycles. The molecule has 2 heterocycles. The van der Waals surface area contributed by atoms with Gasteiger partial charge in [-0.05, 0) is 43.9 Å². The molecule has 0 atom stereocenters. The number of carbonyl (C=O) groups excluding carboxylic acids is 2. The summed E-state index contributed by atoms with van der Waals surface area (Å²) in [5.74, 6) is 0.368. The highest BCUT2D eigenvalue weighted by atomic mass is 16.2. The number of anilines is 1. The van der Waals surface area contributed by atoms with Crippen molar-refractivity contribution in [3.63, 3.8) is 0 Å². The van der Waals surface area contributed by atoms with E-state index >= 15 is 0 Å². The van der Waals surface area contributed by atoms with Crippen LogP contribution in [0.25, 0.3) is 0 Å². The summed E-state index contributed by atoms with van der Waals surface area (Å²) in [7, 11) is 0. The lowest BCUT2D eigenvalue weighted by Gasteiger charge is -2.09. The maximum absolute atomic E-state index is 12.4. The third-order valence-corrected chi connectivity index (χ3v) is 3.82. The number of aryl methyl sites for hydroxylation is 2. The van der Waals surface area contributed by atoms with Crippen molar-refractivity contribution in [2.75, 3.05) is 5.32 Å². The Hall–Kier alpha value is -2.43. The summed E-state index contributed by atoms with van der Waals surface area (Å²) in [6, 6.07) is 3.65. The number of ketones is 1. The smallest absolute Gasteiger partial charge is 0.273 e. The van der Waals surface area contributed by atoms with Crippen molar-refractivity contribution in [2.24, 2.45) is 0 Å². The van der Waals surface area contributed by atoms with Gasteiger partial charge in [0.2, 0.25) is 0 Å². The van der Waals surface area contributed by atoms with Crippen LogP contribution in [0.5, 0.6) is 0 Å². The van der Waals surface area contributed by atoms with E-state index in [1.165, 1.54) is 0 Å². The lowest BCUT2D eigenvalue weighted by molar-refractivity contribution is 0.0971. The highest BCUT2D eigenvalue weighted by Crippen LogP contribution is 2.26. The fourth-order valence-corrected chi connectivity index (χ4v) is 2.72. The van der Waals surface area contributed by atoms with Gasteiger partial charge in [0, 0.05) is 23.9 Å². The summed E-state index contributed by atoms with van der Waals surface area (Å²) in [4.78, 5) is 31.6. The van der Waals surface area contributed by atoms with Gasteiger partial charge in [0.25, 0.3) is 5.91 Å². The molecule has 5 nitrogen and oxygen atoms in total. The van der Waals surface area contributed by atoms with E-state index in [0.717, 1.165) is 29.7 Å². The number of nitrogens with one attached hydrogen (secondary N) is 2. The number of hydrogen-bond acceptors (Lipinski definition) is 3. The van der Waals surface area contributed by atoms with Crippen molar-refractivity contribution < 1.29 is 9.59 Å². The average molecular weight is 283 g/mol. The second-order valence-electron chi connectivity index (χ2n) is 5.43. The third kappa shape index (κ3) is 2.46. The van der Waals surface area contributed by atoms with Gasteiger partial charge in [0.05, 0.1) is 0 Å². The zero-order valence-corrected chi connectivity index (χ0v) is 12.1. The number of H-pyrrole nitrogens is 1. The van der Waals surface area contributed by atoms with Gasteiger partial charge in [-0.25, -0.2) is 4.98 Å². The van der Waals surface area contributed by atoms with Crippen LogP contribution in [0.4, 0.5) is 5.82 Å². The van der Waals surface area contributed by atoms with Crippen molar-refractivity contribution in [1.82, 2.24) is 9.97 Å². The van der Waals surface area contributed by atoms with E-state index in [9.17, 15) is 9.59 Å². The zero-order chi connectivity index (χ0) is 15.0. The van der Waals surface area contributed by atoms with E-state index in [1.54, 1.807) is 12.3 Å². The molecule has 108 valence electrons. The van der Waals surface area contributed by atoms with Crippen LogP contribution in [-0.2, 0) is 6.42 Å².